The minimum absolute atomic E-state index is 0.208. The molecular weight excluding hydrogens is 273 g/mol. The number of carbonyl (C=O) groups is 1. The summed E-state index contributed by atoms with van der Waals surface area (Å²) in [4.78, 5) is 11.3. The van der Waals surface area contributed by atoms with Gasteiger partial charge >= 0.3 is 5.97 Å². The maximum Gasteiger partial charge on any atom is 0.326 e. The summed E-state index contributed by atoms with van der Waals surface area (Å²) in [6.07, 6.45) is 0.881. The number of halogens is 1. The lowest BCUT2D eigenvalue weighted by molar-refractivity contribution is -0.141. The summed E-state index contributed by atoms with van der Waals surface area (Å²) in [5, 5.41) is 16.9. The number of carboxylic acid groups (broad SMARTS) is 1. The maximum atomic E-state index is 13.2. The molecule has 0 amide bonds. The molecule has 0 aliphatic heterocycles. The Kier molecular flexibility index (Phi) is 2.86. The van der Waals surface area contributed by atoms with Crippen LogP contribution in [0, 0.1) is 22.6 Å². The van der Waals surface area contributed by atoms with E-state index in [1.54, 1.807) is 6.07 Å². The van der Waals surface area contributed by atoms with Crippen molar-refractivity contribution in [2.75, 3.05) is 6.26 Å². The van der Waals surface area contributed by atoms with Gasteiger partial charge in [-0.05, 0) is 17.7 Å². The van der Waals surface area contributed by atoms with Gasteiger partial charge in [0.2, 0.25) is 0 Å². The molecule has 0 radical (unpaired) electrons. The number of aliphatic carboxylic acids is 1. The van der Waals surface area contributed by atoms with Crippen LogP contribution in [0.5, 0.6) is 0 Å². The van der Waals surface area contributed by atoms with Crippen LogP contribution in [-0.4, -0.2) is 31.0 Å². The quantitative estimate of drug-likeness (QED) is 0.890. The summed E-state index contributed by atoms with van der Waals surface area (Å²) in [6, 6.07) is 6.58. The lowest BCUT2D eigenvalue weighted by atomic mass is 10.0. The lowest BCUT2D eigenvalue weighted by Gasteiger charge is -2.01. The molecular formula is C12H10FNO4S. The Morgan fingerprint density at radius 2 is 2.16 bits per heavy atom. The van der Waals surface area contributed by atoms with Crippen LogP contribution in [0.1, 0.15) is 11.5 Å². The van der Waals surface area contributed by atoms with Gasteiger partial charge in [0.05, 0.1) is 6.07 Å². The van der Waals surface area contributed by atoms with Gasteiger partial charge in [-0.15, -0.1) is 0 Å². The number of benzene rings is 1. The van der Waals surface area contributed by atoms with E-state index >= 15 is 0 Å². The molecule has 1 aromatic carbocycles. The van der Waals surface area contributed by atoms with E-state index in [9.17, 15) is 17.6 Å². The van der Waals surface area contributed by atoms with Crippen molar-refractivity contribution in [3.63, 3.8) is 0 Å². The lowest BCUT2D eigenvalue weighted by Crippen LogP contribution is -2.21. The van der Waals surface area contributed by atoms with Crippen LogP contribution in [0.2, 0.25) is 0 Å². The summed E-state index contributed by atoms with van der Waals surface area (Å²) >= 11 is 0. The molecule has 0 heterocycles. The zero-order valence-electron chi connectivity index (χ0n) is 9.87. The third-order valence-corrected chi connectivity index (χ3v) is 4.91. The van der Waals surface area contributed by atoms with Gasteiger partial charge in [-0.25, -0.2) is 12.8 Å². The van der Waals surface area contributed by atoms with E-state index in [1.807, 2.05) is 0 Å². The van der Waals surface area contributed by atoms with E-state index in [2.05, 4.69) is 0 Å². The molecule has 0 aromatic heterocycles. The average Bonchev–Trinajstić information content (AvgIpc) is 2.99. The molecule has 1 aliphatic carbocycles. The monoisotopic (exact) mass is 283 g/mol. The smallest absolute Gasteiger partial charge is 0.326 e. The number of hydrogen-bond acceptors (Lipinski definition) is 4. The van der Waals surface area contributed by atoms with E-state index in [4.69, 9.17) is 10.4 Å². The van der Waals surface area contributed by atoms with Crippen LogP contribution in [0.25, 0.3) is 0 Å². The van der Waals surface area contributed by atoms with Crippen molar-refractivity contribution in [1.82, 2.24) is 0 Å². The molecule has 0 saturated heterocycles. The summed E-state index contributed by atoms with van der Waals surface area (Å²) in [6.45, 7) is 0. The van der Waals surface area contributed by atoms with Gasteiger partial charge in [-0.3, -0.25) is 4.79 Å². The highest BCUT2D eigenvalue weighted by Gasteiger charge is 2.76. The van der Waals surface area contributed by atoms with Crippen molar-refractivity contribution < 1.29 is 22.7 Å². The Bertz CT molecular complexity index is 694. The largest absolute Gasteiger partial charge is 0.480 e. The second-order valence-electron chi connectivity index (χ2n) is 4.57. The van der Waals surface area contributed by atoms with Crippen LogP contribution >= 0.6 is 0 Å². The van der Waals surface area contributed by atoms with E-state index in [0.717, 1.165) is 18.4 Å². The molecule has 1 aliphatic rings. The van der Waals surface area contributed by atoms with Crippen molar-refractivity contribution in [2.45, 2.75) is 11.2 Å². The highest BCUT2D eigenvalue weighted by atomic mass is 32.2. The van der Waals surface area contributed by atoms with Gasteiger partial charge in [0.15, 0.2) is 15.3 Å². The predicted molar refractivity (Wildman–Crippen MR) is 63.5 cm³/mol. The molecule has 19 heavy (non-hydrogen) atoms. The molecule has 1 N–H and O–H groups in total. The SMILES string of the molecule is CS(=O)(=O)[C@@H]1[C@@H](c2cccc(F)c2)[C@@]1(C#N)C(=O)O. The zero-order chi connectivity index (χ0) is 14.4. The predicted octanol–water partition coefficient (Wildman–Crippen LogP) is 0.931. The number of hydrogen-bond donors (Lipinski definition) is 1. The van der Waals surface area contributed by atoms with E-state index in [0.29, 0.717) is 0 Å². The van der Waals surface area contributed by atoms with Crippen molar-refractivity contribution in [3.8, 4) is 6.07 Å². The summed E-state index contributed by atoms with van der Waals surface area (Å²) in [5.41, 5.74) is -1.82. The second-order valence-corrected chi connectivity index (χ2v) is 6.74. The Balaban J connectivity index is 2.58. The molecule has 0 bridgehead atoms. The van der Waals surface area contributed by atoms with Gasteiger partial charge in [-0.1, -0.05) is 12.1 Å². The van der Waals surface area contributed by atoms with Crippen molar-refractivity contribution in [3.05, 3.63) is 35.6 Å². The molecule has 1 fully saturated rings. The molecule has 1 aromatic rings. The number of nitrogens with zero attached hydrogens (tertiary/aromatic N) is 1. The van der Waals surface area contributed by atoms with Gasteiger partial charge in [0.1, 0.15) is 11.1 Å². The fourth-order valence-electron chi connectivity index (χ4n) is 2.51. The third kappa shape index (κ3) is 1.88. The molecule has 1 saturated carbocycles. The van der Waals surface area contributed by atoms with Gasteiger partial charge in [0, 0.05) is 12.2 Å². The van der Waals surface area contributed by atoms with Crippen molar-refractivity contribution in [1.29, 1.82) is 5.26 Å². The Labute approximate surface area is 109 Å². The molecule has 100 valence electrons. The molecule has 5 nitrogen and oxygen atoms in total. The molecule has 3 atom stereocenters. The molecule has 0 spiro atoms. The number of nitriles is 1. The van der Waals surface area contributed by atoms with Gasteiger partial charge in [-0.2, -0.15) is 5.26 Å². The van der Waals surface area contributed by atoms with E-state index in [1.165, 1.54) is 12.1 Å². The number of carboxylic acids is 1. The zero-order valence-corrected chi connectivity index (χ0v) is 10.7. The first-order valence-electron chi connectivity index (χ1n) is 5.34. The fraction of sp³-hybridized carbons (Fsp3) is 0.333. The van der Waals surface area contributed by atoms with Crippen molar-refractivity contribution >= 4 is 15.8 Å². The van der Waals surface area contributed by atoms with Crippen LogP contribution in [0.3, 0.4) is 0 Å². The van der Waals surface area contributed by atoms with Crippen LogP contribution in [-0.2, 0) is 14.6 Å². The van der Waals surface area contributed by atoms with Crippen LogP contribution < -0.4 is 0 Å². The maximum absolute atomic E-state index is 13.2. The third-order valence-electron chi connectivity index (χ3n) is 3.34. The summed E-state index contributed by atoms with van der Waals surface area (Å²) in [7, 11) is -3.73. The average molecular weight is 283 g/mol. The first kappa shape index (κ1) is 13.5. The number of rotatable bonds is 3. The standard InChI is InChI=1S/C12H10FNO4S/c1-19(17,18)10-9(12(10,6-14)11(15)16)7-3-2-4-8(13)5-7/h2-5,9-10H,1H3,(H,15,16)/t9-,10-,12-/m1/s1. The number of sulfone groups is 1. The van der Waals surface area contributed by atoms with E-state index < -0.39 is 38.2 Å². The van der Waals surface area contributed by atoms with Crippen LogP contribution in [0.4, 0.5) is 4.39 Å². The Morgan fingerprint density at radius 3 is 2.53 bits per heavy atom. The molecule has 2 rings (SSSR count). The van der Waals surface area contributed by atoms with Crippen molar-refractivity contribution in [2.24, 2.45) is 5.41 Å². The van der Waals surface area contributed by atoms with Crippen LogP contribution in [0.15, 0.2) is 24.3 Å². The fourth-order valence-corrected chi connectivity index (χ4v) is 4.28. The molecule has 0 unspecified atom stereocenters. The van der Waals surface area contributed by atoms with E-state index in [-0.39, 0.29) is 5.56 Å². The Morgan fingerprint density at radius 1 is 1.53 bits per heavy atom. The highest BCUT2D eigenvalue weighted by Crippen LogP contribution is 2.62. The van der Waals surface area contributed by atoms with Gasteiger partial charge in [0.25, 0.3) is 0 Å². The minimum Gasteiger partial charge on any atom is -0.480 e. The first-order valence-corrected chi connectivity index (χ1v) is 7.29. The highest BCUT2D eigenvalue weighted by molar-refractivity contribution is 7.91. The minimum atomic E-state index is -3.73. The second kappa shape index (κ2) is 4.03. The molecule has 7 heteroatoms. The first-order chi connectivity index (χ1) is 8.75. The summed E-state index contributed by atoms with van der Waals surface area (Å²) in [5.74, 6) is -3.14. The summed E-state index contributed by atoms with van der Waals surface area (Å²) < 4.78 is 36.4. The van der Waals surface area contributed by atoms with Gasteiger partial charge < -0.3 is 5.11 Å². The topological polar surface area (TPSA) is 95.2 Å². The Hall–Kier alpha value is -1.94. The normalized spacial score (nSPS) is 29.5.